The lowest BCUT2D eigenvalue weighted by Crippen LogP contribution is -2.62. The quantitative estimate of drug-likeness (QED) is 0.392. The van der Waals surface area contributed by atoms with Crippen LogP contribution in [0.2, 0.25) is 0 Å². The summed E-state index contributed by atoms with van der Waals surface area (Å²) in [5.41, 5.74) is -1.89. The van der Waals surface area contributed by atoms with Crippen molar-refractivity contribution in [3.8, 4) is 0 Å². The van der Waals surface area contributed by atoms with Crippen molar-refractivity contribution in [3.63, 3.8) is 0 Å². The highest BCUT2D eigenvalue weighted by atomic mass is 32.2. The van der Waals surface area contributed by atoms with Crippen molar-refractivity contribution in [1.29, 1.82) is 0 Å². The number of ether oxygens (including phenoxy) is 1. The highest BCUT2D eigenvalue weighted by Gasteiger charge is 2.57. The Balaban J connectivity index is 1.44. The Bertz CT molecular complexity index is 1440. The van der Waals surface area contributed by atoms with Gasteiger partial charge in [0.1, 0.15) is 10.7 Å². The molecule has 3 aromatic rings. The fourth-order valence-corrected chi connectivity index (χ4v) is 6.17. The lowest BCUT2D eigenvalue weighted by atomic mass is 9.98. The van der Waals surface area contributed by atoms with E-state index in [0.717, 1.165) is 12.1 Å². The number of benzene rings is 2. The number of alkyl halides is 1. The predicted molar refractivity (Wildman–Crippen MR) is 110 cm³/mol. The van der Waals surface area contributed by atoms with Crippen LogP contribution in [0.1, 0.15) is 6.42 Å². The number of sulfonamides is 1. The average Bonchev–Trinajstić information content (AvgIpc) is 3.25. The number of piperidine rings is 1. The van der Waals surface area contributed by atoms with E-state index < -0.39 is 62.4 Å². The maximum atomic E-state index is 15.6. The predicted octanol–water partition coefficient (Wildman–Crippen LogP) is 3.29. The van der Waals surface area contributed by atoms with E-state index in [0.29, 0.717) is 16.4 Å². The fraction of sp³-hybridized carbons (Fsp3) is 0.333. The summed E-state index contributed by atoms with van der Waals surface area (Å²) in [6.45, 7) is -0.944. The van der Waals surface area contributed by atoms with Gasteiger partial charge in [0.2, 0.25) is 10.0 Å². The van der Waals surface area contributed by atoms with Crippen LogP contribution in [-0.4, -0.2) is 60.8 Å². The van der Waals surface area contributed by atoms with Crippen LogP contribution in [0, 0.1) is 29.1 Å². The van der Waals surface area contributed by atoms with Gasteiger partial charge in [-0.15, -0.1) is 0 Å². The van der Waals surface area contributed by atoms with Crippen molar-refractivity contribution >= 4 is 26.9 Å². The van der Waals surface area contributed by atoms with E-state index in [2.05, 4.69) is 9.97 Å². The number of fused-ring (bicyclic) bond motifs is 1. The third-order valence-electron chi connectivity index (χ3n) is 6.14. The van der Waals surface area contributed by atoms with Gasteiger partial charge in [0.25, 0.3) is 0 Å². The van der Waals surface area contributed by atoms with Gasteiger partial charge in [0, 0.05) is 31.6 Å². The molecule has 5 rings (SSSR count). The molecule has 7 nitrogen and oxygen atoms in total. The van der Waals surface area contributed by atoms with Crippen LogP contribution in [0.5, 0.6) is 0 Å². The van der Waals surface area contributed by atoms with E-state index in [1.165, 1.54) is 11.1 Å². The second-order valence-electron chi connectivity index (χ2n) is 8.09. The van der Waals surface area contributed by atoms with Crippen LogP contribution in [0.25, 0.3) is 11.0 Å². The monoisotopic (exact) mass is 518 g/mol. The van der Waals surface area contributed by atoms with Gasteiger partial charge in [-0.2, -0.15) is 4.31 Å². The molecular weight excluding hydrogens is 502 g/mol. The van der Waals surface area contributed by atoms with Crippen LogP contribution in [0.3, 0.4) is 0 Å². The van der Waals surface area contributed by atoms with E-state index >= 15 is 4.39 Å². The number of rotatable bonds is 3. The summed E-state index contributed by atoms with van der Waals surface area (Å²) >= 11 is 0. The molecule has 2 fully saturated rings. The molecule has 0 radical (unpaired) electrons. The molecule has 1 aromatic heterocycles. The first-order valence-electron chi connectivity index (χ1n) is 10.4. The SMILES string of the molecule is O=S(=O)(c1ccc(F)c(F)c1F)N1CCO[C@]12CCN(c1cnc3cc(F)c(F)cc3n1)C[C@@H]2F. The van der Waals surface area contributed by atoms with Crippen molar-refractivity contribution in [3.05, 3.63) is 59.5 Å². The molecule has 2 aromatic carbocycles. The molecular formula is C21H16F6N4O3S. The normalized spacial score (nSPS) is 23.5. The maximum absolute atomic E-state index is 15.6. The summed E-state index contributed by atoms with van der Waals surface area (Å²) in [4.78, 5) is 8.49. The molecule has 0 aliphatic carbocycles. The van der Waals surface area contributed by atoms with Crippen LogP contribution < -0.4 is 4.90 Å². The number of hydrogen-bond acceptors (Lipinski definition) is 6. The molecule has 3 heterocycles. The molecule has 0 saturated carbocycles. The Hall–Kier alpha value is -2.97. The minimum Gasteiger partial charge on any atom is -0.355 e. The van der Waals surface area contributed by atoms with Gasteiger partial charge in [-0.3, -0.25) is 4.98 Å². The molecule has 35 heavy (non-hydrogen) atoms. The van der Waals surface area contributed by atoms with E-state index in [9.17, 15) is 30.4 Å². The molecule has 2 aliphatic rings. The molecule has 186 valence electrons. The molecule has 14 heteroatoms. The molecule has 2 atom stereocenters. The largest absolute Gasteiger partial charge is 0.355 e. The molecule has 2 saturated heterocycles. The lowest BCUT2D eigenvalue weighted by Gasteiger charge is -2.45. The van der Waals surface area contributed by atoms with Crippen molar-refractivity contribution < 1.29 is 39.5 Å². The Kier molecular flexibility index (Phi) is 5.64. The van der Waals surface area contributed by atoms with Crippen LogP contribution in [-0.2, 0) is 14.8 Å². The average molecular weight is 518 g/mol. The van der Waals surface area contributed by atoms with E-state index in [1.54, 1.807) is 0 Å². The van der Waals surface area contributed by atoms with Crippen molar-refractivity contribution in [2.75, 3.05) is 31.1 Å². The Morgan fingerprint density at radius 3 is 2.40 bits per heavy atom. The van der Waals surface area contributed by atoms with Crippen molar-refractivity contribution in [1.82, 2.24) is 14.3 Å². The summed E-state index contributed by atoms with van der Waals surface area (Å²) in [6, 6.07) is 2.77. The zero-order chi connectivity index (χ0) is 25.1. The minimum absolute atomic E-state index is 0.0105. The van der Waals surface area contributed by atoms with Crippen LogP contribution in [0.15, 0.2) is 35.4 Å². The van der Waals surface area contributed by atoms with Gasteiger partial charge >= 0.3 is 0 Å². The Morgan fingerprint density at radius 2 is 1.69 bits per heavy atom. The summed E-state index contributed by atoms with van der Waals surface area (Å²) in [5.74, 6) is -7.52. The van der Waals surface area contributed by atoms with Crippen LogP contribution in [0.4, 0.5) is 32.2 Å². The number of nitrogens with zero attached hydrogens (tertiary/aromatic N) is 4. The van der Waals surface area contributed by atoms with Crippen molar-refractivity contribution in [2.24, 2.45) is 0 Å². The van der Waals surface area contributed by atoms with E-state index in [-0.39, 0.29) is 43.0 Å². The minimum atomic E-state index is -4.81. The number of halogens is 6. The fourth-order valence-electron chi connectivity index (χ4n) is 4.40. The second kappa shape index (κ2) is 8.31. The van der Waals surface area contributed by atoms with Gasteiger partial charge in [0.05, 0.1) is 30.4 Å². The molecule has 1 spiro atoms. The molecule has 0 unspecified atom stereocenters. The molecule has 0 N–H and O–H groups in total. The van der Waals surface area contributed by atoms with E-state index in [1.807, 2.05) is 0 Å². The topological polar surface area (TPSA) is 75.6 Å². The first kappa shape index (κ1) is 23.8. The Morgan fingerprint density at radius 1 is 0.971 bits per heavy atom. The van der Waals surface area contributed by atoms with E-state index in [4.69, 9.17) is 4.74 Å². The second-order valence-corrected chi connectivity index (χ2v) is 9.92. The summed E-state index contributed by atoms with van der Waals surface area (Å²) in [7, 11) is -4.81. The molecule has 0 amide bonds. The number of aromatic nitrogens is 2. The van der Waals surface area contributed by atoms with Crippen molar-refractivity contribution in [2.45, 2.75) is 23.2 Å². The van der Waals surface area contributed by atoms with Gasteiger partial charge in [-0.1, -0.05) is 0 Å². The summed E-state index contributed by atoms with van der Waals surface area (Å²) in [5, 5.41) is 0. The maximum Gasteiger partial charge on any atom is 0.248 e. The van der Waals surface area contributed by atoms with Gasteiger partial charge in [0.15, 0.2) is 41.0 Å². The standard InChI is InChI=1S/C21H16F6N4O3S/c22-11-1-2-16(20(27)19(11)26)35(32,33)31-5-6-34-21(31)3-4-30(10-17(21)25)18-9-28-14-7-12(23)13(24)8-15(14)29-18/h1-2,7-9,17H,3-6,10H2/t17-,21-/m0/s1. The van der Waals surface area contributed by atoms with Gasteiger partial charge in [-0.05, 0) is 12.1 Å². The third-order valence-corrected chi connectivity index (χ3v) is 8.08. The number of anilines is 1. The van der Waals surface area contributed by atoms with Crippen LogP contribution >= 0.6 is 0 Å². The summed E-state index contributed by atoms with van der Waals surface area (Å²) in [6.07, 6.45) is -0.953. The first-order chi connectivity index (χ1) is 16.5. The first-order valence-corrected chi connectivity index (χ1v) is 11.8. The summed E-state index contributed by atoms with van der Waals surface area (Å²) < 4.78 is 116. The number of hydrogen-bond donors (Lipinski definition) is 0. The lowest BCUT2D eigenvalue weighted by molar-refractivity contribution is -0.116. The van der Waals surface area contributed by atoms with Gasteiger partial charge < -0.3 is 9.64 Å². The highest BCUT2D eigenvalue weighted by molar-refractivity contribution is 7.89. The zero-order valence-electron chi connectivity index (χ0n) is 17.7. The Labute approximate surface area is 195 Å². The van der Waals surface area contributed by atoms with Gasteiger partial charge in [-0.25, -0.2) is 39.7 Å². The smallest absolute Gasteiger partial charge is 0.248 e. The molecule has 2 aliphatic heterocycles. The zero-order valence-corrected chi connectivity index (χ0v) is 18.5. The third kappa shape index (κ3) is 3.70. The molecule has 0 bridgehead atoms. The highest BCUT2D eigenvalue weighted by Crippen LogP contribution is 2.41.